The van der Waals surface area contributed by atoms with Crippen molar-refractivity contribution in [3.8, 4) is 0 Å². The van der Waals surface area contributed by atoms with Crippen LogP contribution in [0.4, 0.5) is 5.69 Å². The van der Waals surface area contributed by atoms with E-state index in [1.807, 2.05) is 18.2 Å². The van der Waals surface area contributed by atoms with E-state index in [-0.39, 0.29) is 18.3 Å². The fourth-order valence-electron chi connectivity index (χ4n) is 2.95. The number of hydrogen-bond acceptors (Lipinski definition) is 5. The Balaban J connectivity index is 0.00000187. The van der Waals surface area contributed by atoms with Gasteiger partial charge in [-0.25, -0.2) is 0 Å². The number of primary amides is 1. The lowest BCUT2D eigenvalue weighted by molar-refractivity contribution is 0.0949. The van der Waals surface area contributed by atoms with Crippen LogP contribution < -0.4 is 22.1 Å². The number of nitrogen functional groups attached to an aromatic ring is 1. The van der Waals surface area contributed by atoms with Gasteiger partial charge in [0.2, 0.25) is 5.91 Å². The van der Waals surface area contributed by atoms with Crippen LogP contribution in [-0.4, -0.2) is 29.9 Å². The first-order chi connectivity index (χ1) is 15.8. The third kappa shape index (κ3) is 7.34. The average molecular weight is 468 g/mol. The minimum absolute atomic E-state index is 0.0524. The molecule has 0 saturated carbocycles. The van der Waals surface area contributed by atoms with Crippen LogP contribution in [0.2, 0.25) is 5.02 Å². The van der Waals surface area contributed by atoms with Crippen molar-refractivity contribution >= 4 is 34.9 Å². The van der Waals surface area contributed by atoms with E-state index in [2.05, 4.69) is 10.6 Å². The molecule has 0 saturated heterocycles. The van der Waals surface area contributed by atoms with Crippen molar-refractivity contribution < 1.29 is 14.7 Å². The second-order valence-electron chi connectivity index (χ2n) is 6.89. The first-order valence-corrected chi connectivity index (χ1v) is 10.3. The second kappa shape index (κ2) is 12.2. The first kappa shape index (κ1) is 25.4. The number of nitrogens with one attached hydrogen (secondary N) is 3. The smallest absolute Gasteiger partial charge is 0.251 e. The Labute approximate surface area is 197 Å². The number of aliphatic hydroxyl groups is 1. The molecular weight excluding hydrogens is 442 g/mol. The number of nitrogens with two attached hydrogens (primary N) is 2. The predicted molar refractivity (Wildman–Crippen MR) is 131 cm³/mol. The van der Waals surface area contributed by atoms with Crippen molar-refractivity contribution in [2.75, 3.05) is 12.4 Å². The van der Waals surface area contributed by atoms with Gasteiger partial charge in [0.1, 0.15) is 5.84 Å². The molecule has 0 unspecified atom stereocenters. The molecule has 172 valence electrons. The summed E-state index contributed by atoms with van der Waals surface area (Å²) in [5.41, 5.74) is 14.9. The first-order valence-electron chi connectivity index (χ1n) is 9.92. The van der Waals surface area contributed by atoms with E-state index in [0.29, 0.717) is 28.3 Å². The molecule has 33 heavy (non-hydrogen) atoms. The van der Waals surface area contributed by atoms with Crippen molar-refractivity contribution in [3.05, 3.63) is 99.6 Å². The number of aliphatic hydroxyl groups excluding tert-OH is 1. The normalized spacial score (nSPS) is 9.91. The topological polar surface area (TPSA) is 154 Å². The summed E-state index contributed by atoms with van der Waals surface area (Å²) in [6.07, 6.45) is 0. The van der Waals surface area contributed by atoms with Gasteiger partial charge in [0.05, 0.1) is 0 Å². The Bertz CT molecular complexity index is 1130. The van der Waals surface area contributed by atoms with Gasteiger partial charge in [0.15, 0.2) is 0 Å². The average Bonchev–Trinajstić information content (AvgIpc) is 2.82. The van der Waals surface area contributed by atoms with Crippen LogP contribution in [0.5, 0.6) is 0 Å². The minimum Gasteiger partial charge on any atom is -0.400 e. The fourth-order valence-corrected chi connectivity index (χ4v) is 3.14. The highest BCUT2D eigenvalue weighted by Gasteiger charge is 2.10. The molecule has 0 bridgehead atoms. The minimum atomic E-state index is -0.480. The zero-order valence-electron chi connectivity index (χ0n) is 18.1. The Morgan fingerprint density at radius 2 is 1.58 bits per heavy atom. The van der Waals surface area contributed by atoms with Crippen LogP contribution >= 0.6 is 11.6 Å². The zero-order valence-corrected chi connectivity index (χ0v) is 18.8. The molecule has 0 aliphatic heterocycles. The summed E-state index contributed by atoms with van der Waals surface area (Å²) in [5, 5.41) is 21.4. The van der Waals surface area contributed by atoms with E-state index < -0.39 is 5.91 Å². The molecule has 0 spiro atoms. The van der Waals surface area contributed by atoms with Crippen LogP contribution in [0.15, 0.2) is 66.7 Å². The zero-order chi connectivity index (χ0) is 24.4. The van der Waals surface area contributed by atoms with E-state index in [4.69, 9.17) is 33.6 Å². The quantitative estimate of drug-likeness (QED) is 0.222. The number of benzene rings is 3. The van der Waals surface area contributed by atoms with E-state index in [9.17, 15) is 9.59 Å². The summed E-state index contributed by atoms with van der Waals surface area (Å²) in [6.45, 7) is 0.738. The summed E-state index contributed by atoms with van der Waals surface area (Å²) in [5.74, 6) is -0.777. The third-order valence-electron chi connectivity index (χ3n) is 4.67. The van der Waals surface area contributed by atoms with Crippen molar-refractivity contribution in [1.29, 1.82) is 5.41 Å². The number of rotatable bonds is 8. The number of amides is 2. The van der Waals surface area contributed by atoms with E-state index >= 15 is 0 Å². The molecular formula is C24H26ClN5O3. The Hall–Kier alpha value is -3.88. The molecule has 0 fully saturated rings. The van der Waals surface area contributed by atoms with Crippen molar-refractivity contribution in [2.45, 2.75) is 13.1 Å². The molecule has 3 aromatic carbocycles. The van der Waals surface area contributed by atoms with Gasteiger partial charge in [0.25, 0.3) is 5.91 Å². The fraction of sp³-hybridized carbons (Fsp3) is 0.125. The highest BCUT2D eigenvalue weighted by molar-refractivity contribution is 6.30. The Kier molecular flexibility index (Phi) is 9.41. The lowest BCUT2D eigenvalue weighted by Gasteiger charge is -2.15. The number of hydrogen-bond donors (Lipinski definition) is 6. The molecule has 2 amide bonds. The van der Waals surface area contributed by atoms with Crippen LogP contribution in [0.25, 0.3) is 0 Å². The van der Waals surface area contributed by atoms with E-state index in [1.165, 1.54) is 0 Å². The lowest BCUT2D eigenvalue weighted by atomic mass is 10.1. The molecule has 3 aromatic rings. The molecule has 0 atom stereocenters. The maximum Gasteiger partial charge on any atom is 0.251 e. The van der Waals surface area contributed by atoms with Crippen LogP contribution in [0, 0.1) is 5.41 Å². The molecule has 0 heterocycles. The SMILES string of the molecule is CO.N=C(N)c1ccc(CNC(=O)c2cccc(Cl)c2)c(NCc2ccc(C(N)=O)cc2)c1. The molecule has 3 rings (SSSR count). The molecule has 0 aliphatic carbocycles. The largest absolute Gasteiger partial charge is 0.400 e. The van der Waals surface area contributed by atoms with Crippen molar-refractivity contribution in [3.63, 3.8) is 0 Å². The standard InChI is InChI=1S/C23H22ClN5O2.CH4O/c24-19-3-1-2-17(10-19)23(31)29-13-18-9-8-16(21(25)26)11-20(18)28-12-14-4-6-15(7-5-14)22(27)30;1-2/h1-11,28H,12-13H2,(H3,25,26)(H2,27,30)(H,29,31);2H,1H3. The van der Waals surface area contributed by atoms with Gasteiger partial charge >= 0.3 is 0 Å². The number of anilines is 1. The summed E-state index contributed by atoms with van der Waals surface area (Å²) in [4.78, 5) is 23.7. The highest BCUT2D eigenvalue weighted by Crippen LogP contribution is 2.20. The summed E-state index contributed by atoms with van der Waals surface area (Å²) in [7, 11) is 1.00. The Morgan fingerprint density at radius 1 is 0.909 bits per heavy atom. The van der Waals surface area contributed by atoms with Crippen molar-refractivity contribution in [1.82, 2.24) is 5.32 Å². The highest BCUT2D eigenvalue weighted by atomic mass is 35.5. The number of carbonyl (C=O) groups excluding carboxylic acids is 2. The number of halogens is 1. The monoisotopic (exact) mass is 467 g/mol. The van der Waals surface area contributed by atoms with Gasteiger partial charge in [0, 0.05) is 47.6 Å². The van der Waals surface area contributed by atoms with Crippen LogP contribution in [0.3, 0.4) is 0 Å². The van der Waals surface area contributed by atoms with Gasteiger partial charge in [-0.3, -0.25) is 15.0 Å². The van der Waals surface area contributed by atoms with Crippen molar-refractivity contribution in [2.24, 2.45) is 11.5 Å². The van der Waals surface area contributed by atoms with Crippen LogP contribution in [0.1, 0.15) is 37.4 Å². The summed E-state index contributed by atoms with van der Waals surface area (Å²) >= 11 is 5.96. The maximum atomic E-state index is 12.4. The molecule has 8 N–H and O–H groups in total. The molecule has 0 radical (unpaired) electrons. The Morgan fingerprint density at radius 3 is 2.18 bits per heavy atom. The molecule has 0 aromatic heterocycles. The van der Waals surface area contributed by atoms with Gasteiger partial charge < -0.3 is 27.2 Å². The molecule has 0 aliphatic rings. The lowest BCUT2D eigenvalue weighted by Crippen LogP contribution is -2.23. The molecule has 8 nitrogen and oxygen atoms in total. The van der Waals surface area contributed by atoms with E-state index in [0.717, 1.165) is 23.9 Å². The predicted octanol–water partition coefficient (Wildman–Crippen LogP) is 2.87. The molecule has 9 heteroatoms. The van der Waals surface area contributed by atoms with E-state index in [1.54, 1.807) is 48.5 Å². The van der Waals surface area contributed by atoms with Gasteiger partial charge in [-0.15, -0.1) is 0 Å². The summed E-state index contributed by atoms with van der Waals surface area (Å²) < 4.78 is 0. The van der Waals surface area contributed by atoms with Gasteiger partial charge in [-0.1, -0.05) is 41.9 Å². The third-order valence-corrected chi connectivity index (χ3v) is 4.90. The summed E-state index contributed by atoms with van der Waals surface area (Å²) in [6, 6.07) is 19.0. The van der Waals surface area contributed by atoms with Gasteiger partial charge in [-0.2, -0.15) is 0 Å². The van der Waals surface area contributed by atoms with Crippen LogP contribution in [-0.2, 0) is 13.1 Å². The number of carbonyl (C=O) groups is 2. The van der Waals surface area contributed by atoms with Gasteiger partial charge in [-0.05, 0) is 47.5 Å². The maximum absolute atomic E-state index is 12.4. The second-order valence-corrected chi connectivity index (χ2v) is 7.33. The number of amidine groups is 1.